The number of nitrogens with one attached hydrogen (secondary N) is 1. The number of ether oxygens (including phenoxy) is 2. The summed E-state index contributed by atoms with van der Waals surface area (Å²) in [4.78, 5) is 12.2. The molecule has 0 aromatic heterocycles. The van der Waals surface area contributed by atoms with Gasteiger partial charge < -0.3 is 14.8 Å². The molecule has 0 radical (unpaired) electrons. The second kappa shape index (κ2) is 5.87. The number of benzene rings is 1. The molecule has 1 aromatic rings. The molecule has 0 fully saturated rings. The summed E-state index contributed by atoms with van der Waals surface area (Å²) in [6, 6.07) is 3.65. The van der Waals surface area contributed by atoms with Crippen LogP contribution >= 0.6 is 15.9 Å². The van der Waals surface area contributed by atoms with Crippen LogP contribution < -0.4 is 14.8 Å². The molecule has 0 spiro atoms. The third kappa shape index (κ3) is 2.82. The van der Waals surface area contributed by atoms with Crippen molar-refractivity contribution in [2.75, 3.05) is 18.5 Å². The molecule has 1 aliphatic carbocycles. The summed E-state index contributed by atoms with van der Waals surface area (Å²) in [5, 5.41) is 2.97. The smallest absolute Gasteiger partial charge is 0.227 e. The van der Waals surface area contributed by atoms with Crippen molar-refractivity contribution >= 4 is 27.5 Å². The highest BCUT2D eigenvalue weighted by Gasteiger charge is 2.21. The zero-order chi connectivity index (χ0) is 13.9. The van der Waals surface area contributed by atoms with Gasteiger partial charge in [-0.2, -0.15) is 0 Å². The molecule has 1 aromatic carbocycles. The predicted octanol–water partition coefficient (Wildman–Crippen LogP) is 3.52. The first-order valence-electron chi connectivity index (χ1n) is 6.79. The van der Waals surface area contributed by atoms with Crippen LogP contribution in [0.1, 0.15) is 19.3 Å². The van der Waals surface area contributed by atoms with E-state index in [1.54, 1.807) is 0 Å². The highest BCUT2D eigenvalue weighted by Crippen LogP contribution is 2.38. The number of carbonyl (C=O) groups excluding carboxylic acids is 1. The van der Waals surface area contributed by atoms with E-state index < -0.39 is 0 Å². The van der Waals surface area contributed by atoms with E-state index in [1.807, 2.05) is 12.1 Å². The van der Waals surface area contributed by atoms with Crippen molar-refractivity contribution in [2.45, 2.75) is 19.3 Å². The van der Waals surface area contributed by atoms with Gasteiger partial charge in [-0.25, -0.2) is 0 Å². The Hall–Kier alpha value is -1.49. The van der Waals surface area contributed by atoms with Crippen molar-refractivity contribution in [3.05, 3.63) is 28.8 Å². The molecule has 1 aliphatic heterocycles. The average molecular weight is 338 g/mol. The molecule has 0 unspecified atom stereocenters. The Bertz CT molecular complexity index is 556. The fourth-order valence-electron chi connectivity index (χ4n) is 2.43. The Morgan fingerprint density at radius 2 is 1.95 bits per heavy atom. The number of hydrogen-bond acceptors (Lipinski definition) is 3. The third-order valence-corrected chi connectivity index (χ3v) is 4.19. The lowest BCUT2D eigenvalue weighted by Crippen LogP contribution is -2.24. The SMILES string of the molecule is O=C(Nc1cc2c(cc1Br)OCCO2)[C@H]1CC=CCC1. The summed E-state index contributed by atoms with van der Waals surface area (Å²) in [7, 11) is 0. The van der Waals surface area contributed by atoms with Gasteiger partial charge in [0.25, 0.3) is 0 Å². The molecule has 0 saturated heterocycles. The number of rotatable bonds is 2. The van der Waals surface area contributed by atoms with Crippen LogP contribution in [-0.4, -0.2) is 19.1 Å². The van der Waals surface area contributed by atoms with E-state index in [9.17, 15) is 4.79 Å². The zero-order valence-electron chi connectivity index (χ0n) is 11.0. The molecule has 3 rings (SSSR count). The first-order chi connectivity index (χ1) is 9.74. The summed E-state index contributed by atoms with van der Waals surface area (Å²) in [6.07, 6.45) is 6.90. The molecule has 1 N–H and O–H groups in total. The standard InChI is InChI=1S/C15H16BrNO3/c16-11-8-13-14(20-7-6-19-13)9-12(11)17-15(18)10-4-2-1-3-5-10/h1-2,8-10H,3-7H2,(H,17,18)/t10-/m0/s1. The predicted molar refractivity (Wildman–Crippen MR) is 80.2 cm³/mol. The molecular weight excluding hydrogens is 322 g/mol. The Kier molecular flexibility index (Phi) is 3.96. The van der Waals surface area contributed by atoms with Crippen LogP contribution in [0.3, 0.4) is 0 Å². The van der Waals surface area contributed by atoms with Crippen LogP contribution in [0.25, 0.3) is 0 Å². The van der Waals surface area contributed by atoms with E-state index >= 15 is 0 Å². The summed E-state index contributed by atoms with van der Waals surface area (Å²) >= 11 is 3.46. The van der Waals surface area contributed by atoms with Gasteiger partial charge in [-0.1, -0.05) is 12.2 Å². The maximum absolute atomic E-state index is 12.2. The maximum atomic E-state index is 12.2. The third-order valence-electron chi connectivity index (χ3n) is 3.53. The van der Waals surface area contributed by atoms with E-state index in [0.29, 0.717) is 24.7 Å². The summed E-state index contributed by atoms with van der Waals surface area (Å²) in [6.45, 7) is 1.09. The van der Waals surface area contributed by atoms with E-state index in [-0.39, 0.29) is 11.8 Å². The minimum absolute atomic E-state index is 0.0556. The van der Waals surface area contributed by atoms with Crippen LogP contribution in [0.4, 0.5) is 5.69 Å². The van der Waals surface area contributed by atoms with Crippen molar-refractivity contribution in [3.63, 3.8) is 0 Å². The van der Waals surface area contributed by atoms with Gasteiger partial charge in [0.05, 0.1) is 5.69 Å². The largest absolute Gasteiger partial charge is 0.486 e. The molecule has 106 valence electrons. The molecule has 5 heteroatoms. The Morgan fingerprint density at radius 1 is 1.20 bits per heavy atom. The molecule has 1 amide bonds. The molecule has 0 saturated carbocycles. The molecule has 1 atom stereocenters. The van der Waals surface area contributed by atoms with Crippen molar-refractivity contribution < 1.29 is 14.3 Å². The molecule has 20 heavy (non-hydrogen) atoms. The first-order valence-corrected chi connectivity index (χ1v) is 7.58. The van der Waals surface area contributed by atoms with Gasteiger partial charge in [0.2, 0.25) is 5.91 Å². The second-order valence-electron chi connectivity index (χ2n) is 4.95. The van der Waals surface area contributed by atoms with Gasteiger partial charge >= 0.3 is 0 Å². The quantitative estimate of drug-likeness (QED) is 0.840. The normalized spacial score (nSPS) is 20.6. The minimum atomic E-state index is 0.0556. The number of halogens is 1. The average Bonchev–Trinajstić information content (AvgIpc) is 2.49. The zero-order valence-corrected chi connectivity index (χ0v) is 12.6. The highest BCUT2D eigenvalue weighted by molar-refractivity contribution is 9.10. The molecular formula is C15H16BrNO3. The van der Waals surface area contributed by atoms with Crippen LogP contribution in [0, 0.1) is 5.92 Å². The Balaban J connectivity index is 1.76. The van der Waals surface area contributed by atoms with Gasteiger partial charge in [-0.15, -0.1) is 0 Å². The summed E-state index contributed by atoms with van der Waals surface area (Å²) in [5.74, 6) is 1.51. The molecule has 1 heterocycles. The van der Waals surface area contributed by atoms with Gasteiger partial charge in [0.15, 0.2) is 11.5 Å². The van der Waals surface area contributed by atoms with Crippen molar-refractivity contribution in [3.8, 4) is 11.5 Å². The monoisotopic (exact) mass is 337 g/mol. The van der Waals surface area contributed by atoms with Gasteiger partial charge in [0.1, 0.15) is 13.2 Å². The highest BCUT2D eigenvalue weighted by atomic mass is 79.9. The maximum Gasteiger partial charge on any atom is 0.227 e. The van der Waals surface area contributed by atoms with Gasteiger partial charge in [0, 0.05) is 22.5 Å². The number of amides is 1. The van der Waals surface area contributed by atoms with E-state index in [0.717, 1.165) is 29.4 Å². The van der Waals surface area contributed by atoms with Crippen molar-refractivity contribution in [1.82, 2.24) is 0 Å². The van der Waals surface area contributed by atoms with E-state index in [4.69, 9.17) is 9.47 Å². The van der Waals surface area contributed by atoms with Gasteiger partial charge in [-0.05, 0) is 35.2 Å². The Morgan fingerprint density at radius 3 is 2.65 bits per heavy atom. The molecule has 4 nitrogen and oxygen atoms in total. The molecule has 0 bridgehead atoms. The number of allylic oxidation sites excluding steroid dienone is 2. The summed E-state index contributed by atoms with van der Waals surface area (Å²) in [5.41, 5.74) is 0.730. The Labute approximate surface area is 126 Å². The van der Waals surface area contributed by atoms with Crippen LogP contribution in [0.2, 0.25) is 0 Å². The topological polar surface area (TPSA) is 47.6 Å². The van der Waals surface area contributed by atoms with Crippen molar-refractivity contribution in [2.24, 2.45) is 5.92 Å². The number of anilines is 1. The van der Waals surface area contributed by atoms with Gasteiger partial charge in [-0.3, -0.25) is 4.79 Å². The van der Waals surface area contributed by atoms with E-state index in [2.05, 4.69) is 33.4 Å². The lowest BCUT2D eigenvalue weighted by molar-refractivity contribution is -0.120. The number of carbonyl (C=O) groups is 1. The first kappa shape index (κ1) is 13.5. The number of fused-ring (bicyclic) bond motifs is 1. The summed E-state index contributed by atoms with van der Waals surface area (Å²) < 4.78 is 11.8. The van der Waals surface area contributed by atoms with E-state index in [1.165, 1.54) is 0 Å². The van der Waals surface area contributed by atoms with Crippen LogP contribution in [0.15, 0.2) is 28.8 Å². The lowest BCUT2D eigenvalue weighted by atomic mass is 9.93. The van der Waals surface area contributed by atoms with Crippen molar-refractivity contribution in [1.29, 1.82) is 0 Å². The second-order valence-corrected chi connectivity index (χ2v) is 5.80. The minimum Gasteiger partial charge on any atom is -0.486 e. The fourth-order valence-corrected chi connectivity index (χ4v) is 2.85. The lowest BCUT2D eigenvalue weighted by Gasteiger charge is -2.21. The molecule has 2 aliphatic rings. The van der Waals surface area contributed by atoms with Crippen LogP contribution in [-0.2, 0) is 4.79 Å². The fraction of sp³-hybridized carbons (Fsp3) is 0.400. The number of hydrogen-bond donors (Lipinski definition) is 1. The van der Waals surface area contributed by atoms with Crippen LogP contribution in [0.5, 0.6) is 11.5 Å².